The van der Waals surface area contributed by atoms with E-state index in [1.165, 1.54) is 16.0 Å². The quantitative estimate of drug-likeness (QED) is 0.431. The van der Waals surface area contributed by atoms with Gasteiger partial charge in [-0.1, -0.05) is 31.4 Å². The van der Waals surface area contributed by atoms with Crippen LogP contribution in [0.5, 0.6) is 5.75 Å². The topological polar surface area (TPSA) is 70.2 Å². The second-order valence-electron chi connectivity index (χ2n) is 11.0. The summed E-state index contributed by atoms with van der Waals surface area (Å²) in [5.41, 5.74) is 2.55. The predicted octanol–water partition coefficient (Wildman–Crippen LogP) is 4.20. The van der Waals surface area contributed by atoms with Crippen molar-refractivity contribution in [1.29, 1.82) is 0 Å². The first-order chi connectivity index (χ1) is 17.0. The number of amides is 3. The van der Waals surface area contributed by atoms with E-state index in [9.17, 15) is 14.4 Å². The molecular weight excluding hydrogens is 442 g/mol. The molecule has 0 bridgehead atoms. The molecule has 1 aromatic carbocycles. The number of fused-ring (bicyclic) bond motifs is 4. The summed E-state index contributed by atoms with van der Waals surface area (Å²) < 4.78 is 5.65. The molecule has 7 nitrogen and oxygen atoms in total. The molecule has 2 aliphatic carbocycles. The summed E-state index contributed by atoms with van der Waals surface area (Å²) in [5.74, 6) is 1.35. The van der Waals surface area contributed by atoms with E-state index in [1.54, 1.807) is 19.0 Å². The molecule has 2 aliphatic heterocycles. The summed E-state index contributed by atoms with van der Waals surface area (Å²) in [5, 5.41) is 0. The van der Waals surface area contributed by atoms with Crippen LogP contribution in [-0.2, 0) is 16.0 Å². The molecule has 2 heterocycles. The highest BCUT2D eigenvalue weighted by atomic mass is 16.6. The maximum atomic E-state index is 12.7. The Morgan fingerprint density at radius 2 is 1.66 bits per heavy atom. The van der Waals surface area contributed by atoms with Crippen LogP contribution in [0.4, 0.5) is 4.79 Å². The molecule has 0 radical (unpaired) electrons. The summed E-state index contributed by atoms with van der Waals surface area (Å²) in [7, 11) is 3.41. The molecule has 190 valence electrons. The van der Waals surface area contributed by atoms with E-state index >= 15 is 0 Å². The minimum absolute atomic E-state index is 0.0288. The van der Waals surface area contributed by atoms with E-state index in [-0.39, 0.29) is 29.7 Å². The highest BCUT2D eigenvalue weighted by Crippen LogP contribution is 2.44. The lowest BCUT2D eigenvalue weighted by molar-refractivity contribution is -0.140. The number of ether oxygens (including phenoxy) is 1. The fourth-order valence-electron chi connectivity index (χ4n) is 6.93. The third kappa shape index (κ3) is 4.72. The van der Waals surface area contributed by atoms with Crippen molar-refractivity contribution in [2.75, 3.05) is 33.7 Å². The van der Waals surface area contributed by atoms with Crippen LogP contribution in [0.25, 0.3) is 0 Å². The average Bonchev–Trinajstić information content (AvgIpc) is 3.38. The van der Waals surface area contributed by atoms with Gasteiger partial charge >= 0.3 is 6.09 Å². The molecule has 0 unspecified atom stereocenters. The van der Waals surface area contributed by atoms with Crippen LogP contribution >= 0.6 is 0 Å². The van der Waals surface area contributed by atoms with Gasteiger partial charge < -0.3 is 9.64 Å². The van der Waals surface area contributed by atoms with Gasteiger partial charge in [0, 0.05) is 32.6 Å². The highest BCUT2D eigenvalue weighted by Gasteiger charge is 2.47. The van der Waals surface area contributed by atoms with Gasteiger partial charge in [-0.2, -0.15) is 0 Å². The SMILES string of the molecule is CN(C)C(=O)Oc1cccc2c1CC[C@@H]1[C@H]2CCN1CCCCCN1C(=O)[C@H]2CCCC[C@H]2C1=O. The van der Waals surface area contributed by atoms with Crippen LogP contribution in [0, 0.1) is 11.8 Å². The van der Waals surface area contributed by atoms with Crippen molar-refractivity contribution in [2.45, 2.75) is 76.2 Å². The van der Waals surface area contributed by atoms with Crippen LogP contribution in [0.3, 0.4) is 0 Å². The lowest BCUT2D eigenvalue weighted by Gasteiger charge is -2.34. The van der Waals surface area contributed by atoms with Crippen LogP contribution < -0.4 is 4.74 Å². The largest absolute Gasteiger partial charge is 0.414 e. The molecule has 2 saturated heterocycles. The first-order valence-corrected chi connectivity index (χ1v) is 13.6. The van der Waals surface area contributed by atoms with Gasteiger partial charge in [-0.15, -0.1) is 0 Å². The monoisotopic (exact) mass is 481 g/mol. The molecule has 1 saturated carbocycles. The molecule has 5 rings (SSSR count). The zero-order chi connectivity index (χ0) is 24.5. The number of hydrogen-bond acceptors (Lipinski definition) is 5. The van der Waals surface area contributed by atoms with Crippen molar-refractivity contribution >= 4 is 17.9 Å². The van der Waals surface area contributed by atoms with Gasteiger partial charge in [0.15, 0.2) is 0 Å². The minimum atomic E-state index is -0.329. The van der Waals surface area contributed by atoms with Gasteiger partial charge in [0.25, 0.3) is 0 Å². The average molecular weight is 482 g/mol. The Balaban J connectivity index is 1.10. The number of carbonyl (C=O) groups excluding carboxylic acids is 3. The van der Waals surface area contributed by atoms with Gasteiger partial charge in [-0.25, -0.2) is 4.79 Å². The summed E-state index contributed by atoms with van der Waals surface area (Å²) in [6, 6.07) is 6.69. The zero-order valence-corrected chi connectivity index (χ0v) is 21.2. The van der Waals surface area contributed by atoms with E-state index in [1.807, 2.05) is 12.1 Å². The first-order valence-electron chi connectivity index (χ1n) is 13.6. The van der Waals surface area contributed by atoms with E-state index in [4.69, 9.17) is 4.74 Å². The third-order valence-electron chi connectivity index (χ3n) is 8.74. The van der Waals surface area contributed by atoms with Gasteiger partial charge in [0.2, 0.25) is 11.8 Å². The van der Waals surface area contributed by atoms with Crippen molar-refractivity contribution in [3.05, 3.63) is 29.3 Å². The summed E-state index contributed by atoms with van der Waals surface area (Å²) in [6.07, 6.45) is 9.84. The van der Waals surface area contributed by atoms with Crippen LogP contribution in [0.2, 0.25) is 0 Å². The minimum Gasteiger partial charge on any atom is -0.410 e. The molecule has 3 amide bonds. The molecule has 3 fully saturated rings. The second kappa shape index (κ2) is 10.3. The maximum Gasteiger partial charge on any atom is 0.414 e. The molecule has 7 heteroatoms. The maximum absolute atomic E-state index is 12.7. The molecule has 0 aromatic heterocycles. The normalized spacial score (nSPS) is 28.0. The number of nitrogens with zero attached hydrogens (tertiary/aromatic N) is 3. The number of benzene rings is 1. The Morgan fingerprint density at radius 1 is 0.943 bits per heavy atom. The summed E-state index contributed by atoms with van der Waals surface area (Å²) >= 11 is 0. The molecule has 4 aliphatic rings. The van der Waals surface area contributed by atoms with Crippen molar-refractivity contribution < 1.29 is 19.1 Å². The predicted molar refractivity (Wildman–Crippen MR) is 133 cm³/mol. The highest BCUT2D eigenvalue weighted by molar-refractivity contribution is 6.05. The zero-order valence-electron chi connectivity index (χ0n) is 21.2. The second-order valence-corrected chi connectivity index (χ2v) is 11.0. The van der Waals surface area contributed by atoms with Crippen LogP contribution in [0.15, 0.2) is 18.2 Å². The number of hydrogen-bond donors (Lipinski definition) is 0. The van der Waals surface area contributed by atoms with Crippen molar-refractivity contribution in [2.24, 2.45) is 11.8 Å². The Hall–Kier alpha value is -2.41. The molecule has 35 heavy (non-hydrogen) atoms. The van der Waals surface area contributed by atoms with Crippen molar-refractivity contribution in [3.8, 4) is 5.75 Å². The molecule has 1 aromatic rings. The van der Waals surface area contributed by atoms with Crippen molar-refractivity contribution in [3.63, 3.8) is 0 Å². The van der Waals surface area contributed by atoms with Crippen LogP contribution in [0.1, 0.15) is 74.8 Å². The number of unbranched alkanes of at least 4 members (excludes halogenated alkanes) is 2. The summed E-state index contributed by atoms with van der Waals surface area (Å²) in [4.78, 5) is 43.1. The smallest absolute Gasteiger partial charge is 0.410 e. The van der Waals surface area contributed by atoms with Gasteiger partial charge in [0.05, 0.1) is 11.8 Å². The lowest BCUT2D eigenvalue weighted by atomic mass is 9.79. The molecule has 0 spiro atoms. The van der Waals surface area contributed by atoms with E-state index in [0.29, 0.717) is 24.3 Å². The fourth-order valence-corrected chi connectivity index (χ4v) is 6.93. The fraction of sp³-hybridized carbons (Fsp3) is 0.679. The van der Waals surface area contributed by atoms with E-state index in [0.717, 1.165) is 77.3 Å². The number of rotatable bonds is 7. The van der Waals surface area contributed by atoms with Crippen LogP contribution in [-0.4, -0.2) is 72.4 Å². The number of carbonyl (C=O) groups is 3. The molecule has 4 atom stereocenters. The third-order valence-corrected chi connectivity index (χ3v) is 8.74. The Kier molecular flexibility index (Phi) is 7.14. The van der Waals surface area contributed by atoms with Gasteiger partial charge in [-0.05, 0) is 75.2 Å². The Bertz CT molecular complexity index is 953. The standard InChI is InChI=1S/C28H39N3O4/c1-29(2)28(34)35-25-12-8-11-19-20-15-18-30(24(20)14-13-21(19)25)16-6-3-7-17-31-26(32)22-9-4-5-10-23(22)27(31)33/h8,11-12,20,22-24H,3-7,9-10,13-18H2,1-2H3/t20-,22-,23+,24+/m0/s1. The molecular formula is C28H39N3O4. The molecule has 0 N–H and O–H groups in total. The van der Waals surface area contributed by atoms with E-state index in [2.05, 4.69) is 11.0 Å². The first kappa shape index (κ1) is 24.3. The Morgan fingerprint density at radius 3 is 2.37 bits per heavy atom. The van der Waals surface area contributed by atoms with Crippen molar-refractivity contribution in [1.82, 2.24) is 14.7 Å². The van der Waals surface area contributed by atoms with Gasteiger partial charge in [0.1, 0.15) is 5.75 Å². The van der Waals surface area contributed by atoms with Gasteiger partial charge in [-0.3, -0.25) is 19.4 Å². The van der Waals surface area contributed by atoms with E-state index < -0.39 is 0 Å². The Labute approximate surface area is 208 Å². The lowest BCUT2D eigenvalue weighted by Crippen LogP contribution is -2.36. The number of imide groups is 1. The number of likely N-dealkylation sites (tertiary alicyclic amines) is 2. The summed E-state index contributed by atoms with van der Waals surface area (Å²) in [6.45, 7) is 2.76.